The van der Waals surface area contributed by atoms with Crippen molar-refractivity contribution in [2.24, 2.45) is 11.7 Å². The van der Waals surface area contributed by atoms with Gasteiger partial charge in [-0.3, -0.25) is 4.79 Å². The summed E-state index contributed by atoms with van der Waals surface area (Å²) in [6, 6.07) is 6.93. The van der Waals surface area contributed by atoms with Gasteiger partial charge in [0.05, 0.1) is 6.04 Å². The van der Waals surface area contributed by atoms with Crippen LogP contribution in [0.1, 0.15) is 19.8 Å². The second kappa shape index (κ2) is 7.50. The summed E-state index contributed by atoms with van der Waals surface area (Å²) in [4.78, 5) is 12.4. The van der Waals surface area contributed by atoms with E-state index in [1.54, 1.807) is 4.68 Å². The van der Waals surface area contributed by atoms with Crippen molar-refractivity contribution in [3.8, 4) is 11.4 Å². The second-order valence-electron chi connectivity index (χ2n) is 5.86. The van der Waals surface area contributed by atoms with E-state index >= 15 is 0 Å². The van der Waals surface area contributed by atoms with Crippen LogP contribution >= 0.6 is 0 Å². The summed E-state index contributed by atoms with van der Waals surface area (Å²) >= 11 is 0. The Balaban J connectivity index is 1.71. The lowest BCUT2D eigenvalue weighted by molar-refractivity contribution is -0.119. The standard InChI is InChI=1S/C16H22N6O2/c1-2-22-15(19-20-21-22)12-4-3-5-13(10-12)18-16(23)14(17)11-6-8-24-9-7-11/h3-5,10-11,14H,2,6-9,17H2,1H3,(H,18,23). The Bertz CT molecular complexity index is 695. The number of aromatic nitrogens is 4. The van der Waals surface area contributed by atoms with Gasteiger partial charge in [0.1, 0.15) is 0 Å². The molecule has 1 fully saturated rings. The first-order valence-corrected chi connectivity index (χ1v) is 8.20. The van der Waals surface area contributed by atoms with Crippen molar-refractivity contribution in [3.63, 3.8) is 0 Å². The molecule has 0 aliphatic carbocycles. The molecular formula is C16H22N6O2. The van der Waals surface area contributed by atoms with Gasteiger partial charge >= 0.3 is 0 Å². The number of nitrogens with zero attached hydrogens (tertiary/aromatic N) is 4. The van der Waals surface area contributed by atoms with Crippen LogP contribution in [0.3, 0.4) is 0 Å². The zero-order valence-corrected chi connectivity index (χ0v) is 13.7. The molecule has 1 saturated heterocycles. The lowest BCUT2D eigenvalue weighted by atomic mass is 9.92. The number of nitrogens with two attached hydrogens (primary N) is 1. The summed E-state index contributed by atoms with van der Waals surface area (Å²) in [6.45, 7) is 3.98. The van der Waals surface area contributed by atoms with E-state index in [4.69, 9.17) is 10.5 Å². The molecule has 1 unspecified atom stereocenters. The number of carbonyl (C=O) groups excluding carboxylic acids is 1. The number of anilines is 1. The van der Waals surface area contributed by atoms with Crippen LogP contribution in [0.15, 0.2) is 24.3 Å². The zero-order valence-electron chi connectivity index (χ0n) is 13.7. The van der Waals surface area contributed by atoms with Crippen molar-refractivity contribution in [2.45, 2.75) is 32.4 Å². The average molecular weight is 330 g/mol. The number of benzene rings is 1. The third kappa shape index (κ3) is 3.60. The topological polar surface area (TPSA) is 108 Å². The molecule has 1 aromatic heterocycles. The molecule has 1 aliphatic rings. The summed E-state index contributed by atoms with van der Waals surface area (Å²) in [5.74, 6) is 0.658. The predicted molar refractivity (Wildman–Crippen MR) is 89.1 cm³/mol. The Hall–Kier alpha value is -2.32. The smallest absolute Gasteiger partial charge is 0.241 e. The highest BCUT2D eigenvalue weighted by atomic mass is 16.5. The number of aryl methyl sites for hydroxylation is 1. The third-order valence-corrected chi connectivity index (χ3v) is 4.30. The van der Waals surface area contributed by atoms with Crippen LogP contribution in [0, 0.1) is 5.92 Å². The summed E-state index contributed by atoms with van der Waals surface area (Å²) in [7, 11) is 0. The molecule has 128 valence electrons. The minimum absolute atomic E-state index is 0.161. The molecule has 2 heterocycles. The number of hydrogen-bond acceptors (Lipinski definition) is 6. The molecular weight excluding hydrogens is 308 g/mol. The van der Waals surface area contributed by atoms with E-state index in [0.29, 0.717) is 31.3 Å². The van der Waals surface area contributed by atoms with E-state index in [9.17, 15) is 4.79 Å². The third-order valence-electron chi connectivity index (χ3n) is 4.30. The molecule has 2 aromatic rings. The van der Waals surface area contributed by atoms with Crippen LogP contribution in [0.2, 0.25) is 0 Å². The van der Waals surface area contributed by atoms with E-state index < -0.39 is 6.04 Å². The van der Waals surface area contributed by atoms with Crippen molar-refractivity contribution in [2.75, 3.05) is 18.5 Å². The summed E-state index contributed by atoms with van der Waals surface area (Å²) in [5.41, 5.74) is 7.65. The number of tetrazole rings is 1. The molecule has 3 rings (SSSR count). The van der Waals surface area contributed by atoms with Crippen molar-refractivity contribution < 1.29 is 9.53 Å². The lowest BCUT2D eigenvalue weighted by Crippen LogP contribution is -2.44. The van der Waals surface area contributed by atoms with Crippen LogP contribution in [0.5, 0.6) is 0 Å². The fourth-order valence-corrected chi connectivity index (χ4v) is 2.88. The van der Waals surface area contributed by atoms with Crippen LogP contribution in [0.25, 0.3) is 11.4 Å². The highest BCUT2D eigenvalue weighted by molar-refractivity contribution is 5.95. The normalized spacial score (nSPS) is 16.8. The van der Waals surface area contributed by atoms with Gasteiger partial charge in [-0.2, -0.15) is 0 Å². The van der Waals surface area contributed by atoms with Crippen molar-refractivity contribution >= 4 is 11.6 Å². The largest absolute Gasteiger partial charge is 0.381 e. The lowest BCUT2D eigenvalue weighted by Gasteiger charge is -2.26. The highest BCUT2D eigenvalue weighted by Gasteiger charge is 2.26. The Labute approximate surface area is 140 Å². The van der Waals surface area contributed by atoms with Gasteiger partial charge in [-0.15, -0.1) is 5.10 Å². The molecule has 1 atom stereocenters. The average Bonchev–Trinajstić information content (AvgIpc) is 3.11. The highest BCUT2D eigenvalue weighted by Crippen LogP contribution is 2.22. The van der Waals surface area contributed by atoms with Gasteiger partial charge in [0.25, 0.3) is 0 Å². The number of amides is 1. The first kappa shape index (κ1) is 16.5. The quantitative estimate of drug-likeness (QED) is 0.848. The van der Waals surface area contributed by atoms with Gasteiger partial charge in [0, 0.05) is 31.0 Å². The number of hydrogen-bond donors (Lipinski definition) is 2. The molecule has 3 N–H and O–H groups in total. The number of carbonyl (C=O) groups is 1. The van der Waals surface area contributed by atoms with Gasteiger partial charge in [0.15, 0.2) is 5.82 Å². The summed E-state index contributed by atoms with van der Waals surface area (Å²) in [5, 5.41) is 14.6. The fraction of sp³-hybridized carbons (Fsp3) is 0.500. The Kier molecular flexibility index (Phi) is 5.17. The van der Waals surface area contributed by atoms with Gasteiger partial charge in [-0.1, -0.05) is 12.1 Å². The van der Waals surface area contributed by atoms with Gasteiger partial charge in [-0.05, 0) is 48.2 Å². The molecule has 0 saturated carbocycles. The van der Waals surface area contributed by atoms with Crippen molar-refractivity contribution in [3.05, 3.63) is 24.3 Å². The molecule has 1 amide bonds. The van der Waals surface area contributed by atoms with Crippen LogP contribution in [-0.2, 0) is 16.1 Å². The first-order chi connectivity index (χ1) is 11.7. The van der Waals surface area contributed by atoms with E-state index in [0.717, 1.165) is 18.4 Å². The minimum atomic E-state index is -0.529. The number of ether oxygens (including phenoxy) is 1. The maximum atomic E-state index is 12.4. The monoisotopic (exact) mass is 330 g/mol. The number of nitrogens with one attached hydrogen (secondary N) is 1. The Morgan fingerprint density at radius 1 is 1.46 bits per heavy atom. The van der Waals surface area contributed by atoms with Crippen LogP contribution in [-0.4, -0.2) is 45.4 Å². The molecule has 0 radical (unpaired) electrons. The molecule has 0 bridgehead atoms. The molecule has 1 aromatic carbocycles. The number of rotatable bonds is 5. The predicted octanol–water partition coefficient (Wildman–Crippen LogP) is 1.05. The fourth-order valence-electron chi connectivity index (χ4n) is 2.88. The first-order valence-electron chi connectivity index (χ1n) is 8.20. The van der Waals surface area contributed by atoms with E-state index in [2.05, 4.69) is 20.8 Å². The molecule has 0 spiro atoms. The van der Waals surface area contributed by atoms with Crippen LogP contribution in [0.4, 0.5) is 5.69 Å². The van der Waals surface area contributed by atoms with E-state index in [-0.39, 0.29) is 11.8 Å². The van der Waals surface area contributed by atoms with Gasteiger partial charge in [0.2, 0.25) is 5.91 Å². The molecule has 8 heteroatoms. The van der Waals surface area contributed by atoms with Crippen molar-refractivity contribution in [1.29, 1.82) is 0 Å². The van der Waals surface area contributed by atoms with Gasteiger partial charge in [-0.25, -0.2) is 4.68 Å². The summed E-state index contributed by atoms with van der Waals surface area (Å²) < 4.78 is 7.02. The molecule has 24 heavy (non-hydrogen) atoms. The Morgan fingerprint density at radius 2 is 2.25 bits per heavy atom. The molecule has 1 aliphatic heterocycles. The van der Waals surface area contributed by atoms with Crippen LogP contribution < -0.4 is 11.1 Å². The van der Waals surface area contributed by atoms with E-state index in [1.165, 1.54) is 0 Å². The SMILES string of the molecule is CCn1nnnc1-c1cccc(NC(=O)C(N)C2CCOCC2)c1. The summed E-state index contributed by atoms with van der Waals surface area (Å²) in [6.07, 6.45) is 1.64. The second-order valence-corrected chi connectivity index (χ2v) is 5.86. The maximum Gasteiger partial charge on any atom is 0.241 e. The van der Waals surface area contributed by atoms with E-state index in [1.807, 2.05) is 31.2 Å². The van der Waals surface area contributed by atoms with Crippen molar-refractivity contribution in [1.82, 2.24) is 20.2 Å². The Morgan fingerprint density at radius 3 is 3.00 bits per heavy atom. The minimum Gasteiger partial charge on any atom is -0.381 e. The zero-order chi connectivity index (χ0) is 16.9. The van der Waals surface area contributed by atoms with Gasteiger partial charge < -0.3 is 15.8 Å². The molecule has 8 nitrogen and oxygen atoms in total. The maximum absolute atomic E-state index is 12.4.